The molecule has 0 radical (unpaired) electrons. The lowest BCUT2D eigenvalue weighted by Gasteiger charge is -2.32. The van der Waals surface area contributed by atoms with Gasteiger partial charge >= 0.3 is 0 Å². The zero-order chi connectivity index (χ0) is 24.1. The summed E-state index contributed by atoms with van der Waals surface area (Å²) >= 11 is 0. The number of rotatable bonds is 7. The quantitative estimate of drug-likeness (QED) is 0.651. The minimum atomic E-state index is -3.84. The third kappa shape index (κ3) is 5.64. The number of likely N-dealkylation sites (tertiary alicyclic amines) is 1. The van der Waals surface area contributed by atoms with Crippen LogP contribution in [0.25, 0.3) is 0 Å². The Hall–Kier alpha value is -2.78. The molecule has 7 nitrogen and oxygen atoms in total. The Morgan fingerprint density at radius 2 is 1.65 bits per heavy atom. The lowest BCUT2D eigenvalue weighted by molar-refractivity contribution is -0.137. The molecule has 2 amide bonds. The number of hydrogen-bond acceptors (Lipinski definition) is 4. The van der Waals surface area contributed by atoms with Crippen molar-refractivity contribution in [3.05, 3.63) is 66.0 Å². The number of sulfonamides is 1. The second kappa shape index (κ2) is 10.7. The molecule has 0 spiro atoms. The SMILES string of the molecule is O=C(NC(Cc1ccccc1)C(=O)N1CCCC1)C1CCCN(S(=O)(=O)c2ccc(F)cc2)C1. The molecule has 0 aliphatic carbocycles. The first-order valence-electron chi connectivity index (χ1n) is 11.7. The Kier molecular flexibility index (Phi) is 7.63. The van der Waals surface area contributed by atoms with E-state index in [2.05, 4.69) is 5.32 Å². The maximum atomic E-state index is 13.2. The average Bonchev–Trinajstić information content (AvgIpc) is 3.39. The van der Waals surface area contributed by atoms with Crippen LogP contribution in [0.15, 0.2) is 59.5 Å². The van der Waals surface area contributed by atoms with E-state index < -0.39 is 27.8 Å². The molecule has 2 unspecified atom stereocenters. The second-order valence-electron chi connectivity index (χ2n) is 8.94. The van der Waals surface area contributed by atoms with Gasteiger partial charge in [0.2, 0.25) is 21.8 Å². The second-order valence-corrected chi connectivity index (χ2v) is 10.9. The van der Waals surface area contributed by atoms with Gasteiger partial charge in [-0.05, 0) is 55.5 Å². The molecular weight excluding hydrogens is 457 g/mol. The predicted molar refractivity (Wildman–Crippen MR) is 126 cm³/mol. The van der Waals surface area contributed by atoms with Gasteiger partial charge in [-0.3, -0.25) is 9.59 Å². The van der Waals surface area contributed by atoms with Crippen LogP contribution >= 0.6 is 0 Å². The number of nitrogens with one attached hydrogen (secondary N) is 1. The predicted octanol–water partition coefficient (Wildman–Crippen LogP) is 2.58. The summed E-state index contributed by atoms with van der Waals surface area (Å²) in [6.07, 6.45) is 3.36. The van der Waals surface area contributed by atoms with Crippen molar-refractivity contribution in [2.45, 2.75) is 43.0 Å². The topological polar surface area (TPSA) is 86.8 Å². The van der Waals surface area contributed by atoms with Crippen LogP contribution in [0.2, 0.25) is 0 Å². The molecule has 0 aromatic heterocycles. The number of hydrogen-bond donors (Lipinski definition) is 1. The molecule has 0 bridgehead atoms. The van der Waals surface area contributed by atoms with E-state index in [1.807, 2.05) is 30.3 Å². The molecule has 0 saturated carbocycles. The van der Waals surface area contributed by atoms with Crippen molar-refractivity contribution in [1.29, 1.82) is 0 Å². The Labute approximate surface area is 200 Å². The summed E-state index contributed by atoms with van der Waals surface area (Å²) < 4.78 is 40.6. The maximum Gasteiger partial charge on any atom is 0.245 e. The fourth-order valence-electron chi connectivity index (χ4n) is 4.63. The van der Waals surface area contributed by atoms with Gasteiger partial charge in [-0.15, -0.1) is 0 Å². The van der Waals surface area contributed by atoms with Crippen molar-refractivity contribution in [3.8, 4) is 0 Å². The molecular formula is C25H30FN3O4S. The van der Waals surface area contributed by atoms with Crippen LogP contribution in [-0.4, -0.2) is 61.7 Å². The molecule has 2 aliphatic rings. The van der Waals surface area contributed by atoms with Gasteiger partial charge in [0.25, 0.3) is 0 Å². The molecule has 4 rings (SSSR count). The standard InChI is InChI=1S/C25H30FN3O4S/c26-21-10-12-22(13-11-21)34(32,33)29-16-6-9-20(18-29)24(30)27-23(17-19-7-2-1-3-8-19)25(31)28-14-4-5-15-28/h1-3,7-8,10-13,20,23H,4-6,9,14-18H2,(H,27,30). The van der Waals surface area contributed by atoms with Crippen LogP contribution in [0.5, 0.6) is 0 Å². The van der Waals surface area contributed by atoms with Crippen molar-refractivity contribution >= 4 is 21.8 Å². The van der Waals surface area contributed by atoms with Crippen LogP contribution in [-0.2, 0) is 26.0 Å². The highest BCUT2D eigenvalue weighted by Gasteiger charge is 2.35. The number of halogens is 1. The molecule has 9 heteroatoms. The summed E-state index contributed by atoms with van der Waals surface area (Å²) in [4.78, 5) is 28.2. The lowest BCUT2D eigenvalue weighted by atomic mass is 9.97. The van der Waals surface area contributed by atoms with Gasteiger partial charge in [-0.2, -0.15) is 4.31 Å². The highest BCUT2D eigenvalue weighted by Crippen LogP contribution is 2.24. The molecule has 2 aromatic carbocycles. The Bertz CT molecular complexity index is 1100. The minimum absolute atomic E-state index is 0.00104. The molecule has 2 atom stereocenters. The van der Waals surface area contributed by atoms with E-state index in [1.165, 1.54) is 16.4 Å². The number of piperidine rings is 1. The number of carbonyl (C=O) groups is 2. The number of benzene rings is 2. The number of nitrogens with zero attached hydrogens (tertiary/aromatic N) is 2. The molecule has 182 valence electrons. The number of amides is 2. The normalized spacial score (nSPS) is 20.1. The van der Waals surface area contributed by atoms with E-state index in [0.29, 0.717) is 38.9 Å². The molecule has 1 N–H and O–H groups in total. The van der Waals surface area contributed by atoms with Crippen LogP contribution in [0.1, 0.15) is 31.2 Å². The molecule has 2 fully saturated rings. The first-order valence-corrected chi connectivity index (χ1v) is 13.2. The zero-order valence-corrected chi connectivity index (χ0v) is 19.8. The van der Waals surface area contributed by atoms with Gasteiger partial charge in [0.05, 0.1) is 10.8 Å². The van der Waals surface area contributed by atoms with E-state index >= 15 is 0 Å². The summed E-state index contributed by atoms with van der Waals surface area (Å²) in [5.41, 5.74) is 0.949. The largest absolute Gasteiger partial charge is 0.344 e. The summed E-state index contributed by atoms with van der Waals surface area (Å²) in [7, 11) is -3.84. The van der Waals surface area contributed by atoms with Crippen LogP contribution in [0.4, 0.5) is 4.39 Å². The zero-order valence-electron chi connectivity index (χ0n) is 19.0. The van der Waals surface area contributed by atoms with Crippen LogP contribution in [0.3, 0.4) is 0 Å². The Balaban J connectivity index is 1.47. The van der Waals surface area contributed by atoms with Gasteiger partial charge in [-0.1, -0.05) is 30.3 Å². The fraction of sp³-hybridized carbons (Fsp3) is 0.440. The van der Waals surface area contributed by atoms with Gasteiger partial charge < -0.3 is 10.2 Å². The van der Waals surface area contributed by atoms with E-state index in [4.69, 9.17) is 0 Å². The van der Waals surface area contributed by atoms with Gasteiger partial charge in [-0.25, -0.2) is 12.8 Å². The highest BCUT2D eigenvalue weighted by atomic mass is 32.2. The van der Waals surface area contributed by atoms with Gasteiger partial charge in [0, 0.05) is 32.6 Å². The Morgan fingerprint density at radius 1 is 0.971 bits per heavy atom. The Morgan fingerprint density at radius 3 is 2.32 bits per heavy atom. The van der Waals surface area contributed by atoms with Crippen LogP contribution in [0, 0.1) is 11.7 Å². The molecule has 2 saturated heterocycles. The smallest absolute Gasteiger partial charge is 0.245 e. The monoisotopic (exact) mass is 487 g/mol. The average molecular weight is 488 g/mol. The summed E-state index contributed by atoms with van der Waals surface area (Å²) in [6.45, 7) is 1.70. The molecule has 34 heavy (non-hydrogen) atoms. The summed E-state index contributed by atoms with van der Waals surface area (Å²) in [5.74, 6) is -1.48. The summed E-state index contributed by atoms with van der Waals surface area (Å²) in [6, 6.07) is 13.5. The van der Waals surface area contributed by atoms with Crippen molar-refractivity contribution in [2.75, 3.05) is 26.2 Å². The number of carbonyl (C=O) groups excluding carboxylic acids is 2. The van der Waals surface area contributed by atoms with Crippen molar-refractivity contribution in [3.63, 3.8) is 0 Å². The maximum absolute atomic E-state index is 13.2. The van der Waals surface area contributed by atoms with E-state index in [1.54, 1.807) is 4.90 Å². The van der Waals surface area contributed by atoms with E-state index in [9.17, 15) is 22.4 Å². The highest BCUT2D eigenvalue weighted by molar-refractivity contribution is 7.89. The first kappa shape index (κ1) is 24.3. The fourth-order valence-corrected chi connectivity index (χ4v) is 6.15. The molecule has 2 heterocycles. The third-order valence-corrected chi connectivity index (χ3v) is 8.40. The lowest BCUT2D eigenvalue weighted by Crippen LogP contribution is -2.53. The van der Waals surface area contributed by atoms with Crippen molar-refractivity contribution < 1.29 is 22.4 Å². The third-order valence-electron chi connectivity index (χ3n) is 6.52. The van der Waals surface area contributed by atoms with Crippen LogP contribution < -0.4 is 5.32 Å². The van der Waals surface area contributed by atoms with E-state index in [-0.39, 0.29) is 23.3 Å². The van der Waals surface area contributed by atoms with Gasteiger partial charge in [0.1, 0.15) is 11.9 Å². The minimum Gasteiger partial charge on any atom is -0.344 e. The van der Waals surface area contributed by atoms with E-state index in [0.717, 1.165) is 30.5 Å². The molecule has 2 aromatic rings. The van der Waals surface area contributed by atoms with Crippen molar-refractivity contribution in [2.24, 2.45) is 5.92 Å². The molecule has 2 aliphatic heterocycles. The van der Waals surface area contributed by atoms with Crippen molar-refractivity contribution in [1.82, 2.24) is 14.5 Å². The van der Waals surface area contributed by atoms with Gasteiger partial charge in [0.15, 0.2) is 0 Å². The summed E-state index contributed by atoms with van der Waals surface area (Å²) in [5, 5.41) is 2.93. The first-order chi connectivity index (χ1) is 16.3.